The first-order valence-corrected chi connectivity index (χ1v) is 8.59. The van der Waals surface area contributed by atoms with Crippen LogP contribution in [0.4, 0.5) is 0 Å². The van der Waals surface area contributed by atoms with Crippen LogP contribution in [0.5, 0.6) is 0 Å². The predicted octanol–water partition coefficient (Wildman–Crippen LogP) is 3.23. The van der Waals surface area contributed by atoms with Crippen LogP contribution in [0.25, 0.3) is 0 Å². The van der Waals surface area contributed by atoms with Crippen molar-refractivity contribution in [1.29, 1.82) is 0 Å². The van der Waals surface area contributed by atoms with Gasteiger partial charge in [-0.05, 0) is 56.8 Å². The first-order valence-electron chi connectivity index (χ1n) is 8.59. The largest absolute Gasteiger partial charge is 0.478 e. The second-order valence-corrected chi connectivity index (χ2v) is 6.94. The number of rotatable bonds is 6. The van der Waals surface area contributed by atoms with Gasteiger partial charge in [0.15, 0.2) is 0 Å². The molecule has 0 spiro atoms. The Morgan fingerprint density at radius 2 is 2.25 bits per heavy atom. The van der Waals surface area contributed by atoms with E-state index >= 15 is 0 Å². The summed E-state index contributed by atoms with van der Waals surface area (Å²) in [5.41, 5.74) is 1.49. The molecule has 2 heterocycles. The Balaban J connectivity index is 1.58. The Morgan fingerprint density at radius 3 is 3.00 bits per heavy atom. The van der Waals surface area contributed by atoms with E-state index in [1.54, 1.807) is 12.1 Å². The maximum atomic E-state index is 11.1. The van der Waals surface area contributed by atoms with Crippen LogP contribution >= 0.6 is 0 Å². The summed E-state index contributed by atoms with van der Waals surface area (Å²) in [6.07, 6.45) is 6.02. The molecule has 1 aliphatic heterocycles. The molecule has 0 radical (unpaired) electrons. The standard InChI is InChI=1S/C19H25N3O2/c1-14(2)22-9-7-20-18(22)13-21-8-6-16(12-21)10-15-4-3-5-17(11-15)19(23)24/h3-5,7,9,11,14,16H,6,8,10,12-13H2,1-2H3,(H,23,24). The Bertz CT molecular complexity index is 708. The van der Waals surface area contributed by atoms with Crippen LogP contribution < -0.4 is 0 Å². The molecule has 1 fully saturated rings. The summed E-state index contributed by atoms with van der Waals surface area (Å²) < 4.78 is 2.23. The fourth-order valence-electron chi connectivity index (χ4n) is 3.52. The molecule has 0 bridgehead atoms. The van der Waals surface area contributed by atoms with Crippen molar-refractivity contribution >= 4 is 5.97 Å². The summed E-state index contributed by atoms with van der Waals surface area (Å²) in [7, 11) is 0. The van der Waals surface area contributed by atoms with E-state index in [9.17, 15) is 4.79 Å². The van der Waals surface area contributed by atoms with Crippen molar-refractivity contribution in [1.82, 2.24) is 14.5 Å². The van der Waals surface area contributed by atoms with Gasteiger partial charge in [0.05, 0.1) is 12.1 Å². The van der Waals surface area contributed by atoms with Gasteiger partial charge in [-0.25, -0.2) is 9.78 Å². The number of aromatic carboxylic acids is 1. The lowest BCUT2D eigenvalue weighted by molar-refractivity contribution is 0.0696. The molecule has 0 amide bonds. The average molecular weight is 327 g/mol. The zero-order valence-corrected chi connectivity index (χ0v) is 14.4. The van der Waals surface area contributed by atoms with E-state index in [0.717, 1.165) is 43.9 Å². The van der Waals surface area contributed by atoms with E-state index in [1.165, 1.54) is 0 Å². The topological polar surface area (TPSA) is 58.4 Å². The van der Waals surface area contributed by atoms with Crippen molar-refractivity contribution in [2.75, 3.05) is 13.1 Å². The molecule has 1 aliphatic rings. The number of hydrogen-bond donors (Lipinski definition) is 1. The number of imidazole rings is 1. The summed E-state index contributed by atoms with van der Waals surface area (Å²) in [6.45, 7) is 7.36. The van der Waals surface area contributed by atoms with Crippen molar-refractivity contribution < 1.29 is 9.90 Å². The van der Waals surface area contributed by atoms with E-state index < -0.39 is 5.97 Å². The van der Waals surface area contributed by atoms with Crippen LogP contribution in [-0.2, 0) is 13.0 Å². The maximum Gasteiger partial charge on any atom is 0.335 e. The van der Waals surface area contributed by atoms with Crippen LogP contribution in [0.2, 0.25) is 0 Å². The molecule has 3 rings (SSSR count). The number of carboxylic acids is 1. The van der Waals surface area contributed by atoms with Gasteiger partial charge in [-0.3, -0.25) is 4.90 Å². The van der Waals surface area contributed by atoms with E-state index in [4.69, 9.17) is 5.11 Å². The number of carbonyl (C=O) groups is 1. The van der Waals surface area contributed by atoms with E-state index in [-0.39, 0.29) is 0 Å². The predicted molar refractivity (Wildman–Crippen MR) is 93.1 cm³/mol. The van der Waals surface area contributed by atoms with Gasteiger partial charge in [-0.2, -0.15) is 0 Å². The summed E-state index contributed by atoms with van der Waals surface area (Å²) in [5.74, 6) is 0.848. The molecule has 24 heavy (non-hydrogen) atoms. The number of nitrogens with zero attached hydrogens (tertiary/aromatic N) is 3. The molecule has 0 saturated carbocycles. The molecule has 0 aliphatic carbocycles. The van der Waals surface area contributed by atoms with Crippen molar-refractivity contribution in [2.45, 2.75) is 39.3 Å². The van der Waals surface area contributed by atoms with Gasteiger partial charge in [-0.1, -0.05) is 12.1 Å². The molecule has 1 atom stereocenters. The first-order chi connectivity index (χ1) is 11.5. The Morgan fingerprint density at radius 1 is 1.42 bits per heavy atom. The molecule has 2 aromatic rings. The molecule has 1 unspecified atom stereocenters. The monoisotopic (exact) mass is 327 g/mol. The molecule has 128 valence electrons. The summed E-state index contributed by atoms with van der Waals surface area (Å²) >= 11 is 0. The van der Waals surface area contributed by atoms with Crippen molar-refractivity contribution in [2.24, 2.45) is 5.92 Å². The second-order valence-electron chi connectivity index (χ2n) is 6.94. The lowest BCUT2D eigenvalue weighted by atomic mass is 9.97. The molecular weight excluding hydrogens is 302 g/mol. The van der Waals surface area contributed by atoms with E-state index in [1.807, 2.05) is 24.5 Å². The number of aromatic nitrogens is 2. The smallest absolute Gasteiger partial charge is 0.335 e. The third-order valence-electron chi connectivity index (χ3n) is 4.74. The highest BCUT2D eigenvalue weighted by Crippen LogP contribution is 2.23. The minimum Gasteiger partial charge on any atom is -0.478 e. The number of carboxylic acid groups (broad SMARTS) is 1. The Labute approximate surface area is 142 Å². The van der Waals surface area contributed by atoms with E-state index in [2.05, 4.69) is 28.3 Å². The molecular formula is C19H25N3O2. The SMILES string of the molecule is CC(C)n1ccnc1CN1CCC(Cc2cccc(C(=O)O)c2)C1. The fraction of sp³-hybridized carbons (Fsp3) is 0.474. The summed E-state index contributed by atoms with van der Waals surface area (Å²) in [4.78, 5) is 18.0. The number of hydrogen-bond acceptors (Lipinski definition) is 3. The highest BCUT2D eigenvalue weighted by molar-refractivity contribution is 5.87. The van der Waals surface area contributed by atoms with Crippen molar-refractivity contribution in [3.05, 3.63) is 53.6 Å². The first kappa shape index (κ1) is 16.7. The minimum absolute atomic E-state index is 0.376. The molecule has 5 nitrogen and oxygen atoms in total. The van der Waals surface area contributed by atoms with Crippen LogP contribution in [0.1, 0.15) is 48.1 Å². The average Bonchev–Trinajstić information content (AvgIpc) is 3.17. The van der Waals surface area contributed by atoms with Crippen LogP contribution in [0.3, 0.4) is 0 Å². The zero-order chi connectivity index (χ0) is 17.1. The number of benzene rings is 1. The maximum absolute atomic E-state index is 11.1. The van der Waals surface area contributed by atoms with Gasteiger partial charge in [0.1, 0.15) is 5.82 Å². The highest BCUT2D eigenvalue weighted by atomic mass is 16.4. The lowest BCUT2D eigenvalue weighted by Crippen LogP contribution is -2.23. The van der Waals surface area contributed by atoms with Gasteiger partial charge in [-0.15, -0.1) is 0 Å². The van der Waals surface area contributed by atoms with E-state index in [0.29, 0.717) is 17.5 Å². The summed E-state index contributed by atoms with van der Waals surface area (Å²) in [6, 6.07) is 7.75. The number of likely N-dealkylation sites (tertiary alicyclic amines) is 1. The third-order valence-corrected chi connectivity index (χ3v) is 4.74. The van der Waals surface area contributed by atoms with Crippen LogP contribution in [-0.4, -0.2) is 38.6 Å². The molecule has 1 saturated heterocycles. The van der Waals surface area contributed by atoms with Gasteiger partial charge < -0.3 is 9.67 Å². The zero-order valence-electron chi connectivity index (χ0n) is 14.4. The molecule has 1 aromatic heterocycles. The van der Waals surface area contributed by atoms with Gasteiger partial charge in [0.25, 0.3) is 0 Å². The normalized spacial score (nSPS) is 18.4. The fourth-order valence-corrected chi connectivity index (χ4v) is 3.52. The van der Waals surface area contributed by atoms with Gasteiger partial charge >= 0.3 is 5.97 Å². The Kier molecular flexibility index (Phi) is 5.00. The summed E-state index contributed by atoms with van der Waals surface area (Å²) in [5, 5.41) is 9.11. The third kappa shape index (κ3) is 3.85. The van der Waals surface area contributed by atoms with Crippen molar-refractivity contribution in [3.63, 3.8) is 0 Å². The van der Waals surface area contributed by atoms with Crippen molar-refractivity contribution in [3.8, 4) is 0 Å². The minimum atomic E-state index is -0.856. The molecule has 5 heteroatoms. The Hall–Kier alpha value is -2.14. The van der Waals surface area contributed by atoms with Gasteiger partial charge in [0.2, 0.25) is 0 Å². The highest BCUT2D eigenvalue weighted by Gasteiger charge is 2.24. The lowest BCUT2D eigenvalue weighted by Gasteiger charge is -2.18. The quantitative estimate of drug-likeness (QED) is 0.885. The van der Waals surface area contributed by atoms with Gasteiger partial charge in [0, 0.05) is 25.0 Å². The molecule has 1 N–H and O–H groups in total. The van der Waals surface area contributed by atoms with Crippen LogP contribution in [0.15, 0.2) is 36.7 Å². The van der Waals surface area contributed by atoms with Crippen LogP contribution in [0, 0.1) is 5.92 Å². The second kappa shape index (κ2) is 7.18. The molecule has 1 aromatic carbocycles.